The number of benzene rings is 2. The van der Waals surface area contributed by atoms with E-state index >= 15 is 0 Å². The average molecular weight is 408 g/mol. The molecule has 6 nitrogen and oxygen atoms in total. The molecule has 2 amide bonds. The van der Waals surface area contributed by atoms with Crippen LogP contribution in [0, 0.1) is 0 Å². The molecule has 2 N–H and O–H groups in total. The molecule has 0 fully saturated rings. The van der Waals surface area contributed by atoms with E-state index in [1.54, 1.807) is 42.5 Å². The molecule has 0 aliphatic carbocycles. The number of hydrazone groups is 1. The minimum absolute atomic E-state index is 0.205. The Hall–Kier alpha value is -2.57. The maximum Gasteiger partial charge on any atom is 0.329 e. The summed E-state index contributed by atoms with van der Waals surface area (Å²) in [6, 6.07) is 12.0. The molecule has 2 rings (SSSR count). The molecule has 0 atom stereocenters. The van der Waals surface area contributed by atoms with Gasteiger partial charge in [0.2, 0.25) is 0 Å². The van der Waals surface area contributed by atoms with E-state index in [0.29, 0.717) is 28.0 Å². The number of nitrogens with zero attached hydrogens (tertiary/aromatic N) is 1. The van der Waals surface area contributed by atoms with Crippen molar-refractivity contribution in [1.82, 2.24) is 10.7 Å². The largest absolute Gasteiger partial charge is 0.493 e. The van der Waals surface area contributed by atoms with Crippen LogP contribution in [0.5, 0.6) is 5.75 Å². The van der Waals surface area contributed by atoms with E-state index in [2.05, 4.69) is 15.8 Å². The highest BCUT2D eigenvalue weighted by atomic mass is 35.5. The predicted molar refractivity (Wildman–Crippen MR) is 106 cm³/mol. The smallest absolute Gasteiger partial charge is 0.329 e. The van der Waals surface area contributed by atoms with Crippen molar-refractivity contribution in [3.05, 3.63) is 63.6 Å². The fourth-order valence-electron chi connectivity index (χ4n) is 2.04. The molecule has 142 valence electrons. The van der Waals surface area contributed by atoms with Gasteiger partial charge in [-0.05, 0) is 42.3 Å². The number of hydrogen-bond donors (Lipinski definition) is 2. The molecule has 0 aliphatic heterocycles. The van der Waals surface area contributed by atoms with E-state index in [0.717, 1.165) is 12.0 Å². The molecule has 2 aromatic rings. The molecule has 0 saturated carbocycles. The van der Waals surface area contributed by atoms with Crippen LogP contribution in [0.25, 0.3) is 0 Å². The van der Waals surface area contributed by atoms with Crippen LogP contribution in [0.4, 0.5) is 0 Å². The molecule has 8 heteroatoms. The number of ether oxygens (including phenoxy) is 1. The lowest BCUT2D eigenvalue weighted by Gasteiger charge is -2.08. The molecule has 0 saturated heterocycles. The Balaban J connectivity index is 1.89. The van der Waals surface area contributed by atoms with Gasteiger partial charge in [0.05, 0.1) is 12.8 Å². The second-order valence-electron chi connectivity index (χ2n) is 5.54. The van der Waals surface area contributed by atoms with Crippen molar-refractivity contribution < 1.29 is 14.3 Å². The number of hydrogen-bond acceptors (Lipinski definition) is 4. The fraction of sp³-hybridized carbons (Fsp3) is 0.211. The molecular weight excluding hydrogens is 389 g/mol. The van der Waals surface area contributed by atoms with Crippen LogP contribution in [0.15, 0.2) is 47.6 Å². The normalized spacial score (nSPS) is 10.6. The van der Waals surface area contributed by atoms with E-state index in [-0.39, 0.29) is 6.54 Å². The highest BCUT2D eigenvalue weighted by Gasteiger charge is 2.12. The first kappa shape index (κ1) is 20.7. The topological polar surface area (TPSA) is 79.8 Å². The summed E-state index contributed by atoms with van der Waals surface area (Å²) in [6.45, 7) is 2.74. The quantitative estimate of drug-likeness (QED) is 0.418. The third kappa shape index (κ3) is 6.92. The Morgan fingerprint density at radius 1 is 1.07 bits per heavy atom. The molecule has 27 heavy (non-hydrogen) atoms. The summed E-state index contributed by atoms with van der Waals surface area (Å²) >= 11 is 11.8. The third-order valence-corrected chi connectivity index (χ3v) is 3.86. The summed E-state index contributed by atoms with van der Waals surface area (Å²) in [5.41, 5.74) is 3.59. The van der Waals surface area contributed by atoms with Crippen LogP contribution < -0.4 is 15.5 Å². The second-order valence-corrected chi connectivity index (χ2v) is 6.41. The number of nitrogens with one attached hydrogen (secondary N) is 2. The van der Waals surface area contributed by atoms with Crippen molar-refractivity contribution >= 4 is 41.2 Å². The molecule has 0 bridgehead atoms. The molecular formula is C19H19Cl2N3O3. The Morgan fingerprint density at radius 2 is 1.78 bits per heavy atom. The van der Waals surface area contributed by atoms with Gasteiger partial charge in [0.1, 0.15) is 5.75 Å². The van der Waals surface area contributed by atoms with Gasteiger partial charge in [-0.25, -0.2) is 5.43 Å². The maximum absolute atomic E-state index is 11.8. The summed E-state index contributed by atoms with van der Waals surface area (Å²) in [4.78, 5) is 23.6. The maximum atomic E-state index is 11.8. The molecule has 0 heterocycles. The van der Waals surface area contributed by atoms with Crippen LogP contribution >= 0.6 is 23.2 Å². The van der Waals surface area contributed by atoms with E-state index < -0.39 is 11.8 Å². The van der Waals surface area contributed by atoms with E-state index in [4.69, 9.17) is 27.9 Å². The number of carbonyl (C=O) groups excluding carboxylic acids is 2. The highest BCUT2D eigenvalue weighted by Crippen LogP contribution is 2.21. The molecule has 0 unspecified atom stereocenters. The molecule has 0 aromatic heterocycles. The Morgan fingerprint density at radius 3 is 2.48 bits per heavy atom. The Kier molecular flexibility index (Phi) is 8.10. The summed E-state index contributed by atoms with van der Waals surface area (Å²) in [7, 11) is 0. The van der Waals surface area contributed by atoms with Crippen LogP contribution in [-0.4, -0.2) is 24.6 Å². The predicted octanol–water partition coefficient (Wildman–Crippen LogP) is 3.55. The van der Waals surface area contributed by atoms with Crippen LogP contribution in [-0.2, 0) is 16.1 Å². The van der Waals surface area contributed by atoms with E-state index in [1.807, 2.05) is 6.92 Å². The van der Waals surface area contributed by atoms with Crippen LogP contribution in [0.2, 0.25) is 10.0 Å². The lowest BCUT2D eigenvalue weighted by atomic mass is 10.2. The van der Waals surface area contributed by atoms with Gasteiger partial charge in [0, 0.05) is 22.2 Å². The first-order valence-corrected chi connectivity index (χ1v) is 9.03. The van der Waals surface area contributed by atoms with Crippen LogP contribution in [0.1, 0.15) is 24.5 Å². The van der Waals surface area contributed by atoms with E-state index in [1.165, 1.54) is 6.21 Å². The molecule has 0 radical (unpaired) electrons. The van der Waals surface area contributed by atoms with Crippen molar-refractivity contribution in [3.8, 4) is 5.75 Å². The van der Waals surface area contributed by atoms with Crippen molar-refractivity contribution in [3.63, 3.8) is 0 Å². The minimum atomic E-state index is -0.877. The zero-order valence-corrected chi connectivity index (χ0v) is 16.2. The van der Waals surface area contributed by atoms with Gasteiger partial charge in [-0.1, -0.05) is 42.3 Å². The average Bonchev–Trinajstić information content (AvgIpc) is 2.66. The molecule has 2 aromatic carbocycles. The standard InChI is InChI=1S/C19H19Cl2N3O3/c1-2-9-27-17-8-7-16(21)10-14(17)12-23-24-19(26)18(25)22-11-13-3-5-15(20)6-4-13/h3-8,10,12H,2,9,11H2,1H3,(H,22,25)(H,24,26)/b23-12-. The van der Waals surface area contributed by atoms with Crippen LogP contribution in [0.3, 0.4) is 0 Å². The van der Waals surface area contributed by atoms with Crippen molar-refractivity contribution in [2.24, 2.45) is 5.10 Å². The lowest BCUT2D eigenvalue weighted by Crippen LogP contribution is -2.37. The highest BCUT2D eigenvalue weighted by molar-refractivity contribution is 6.35. The van der Waals surface area contributed by atoms with E-state index in [9.17, 15) is 9.59 Å². The summed E-state index contributed by atoms with van der Waals surface area (Å²) < 4.78 is 5.59. The van der Waals surface area contributed by atoms with Crippen molar-refractivity contribution in [2.45, 2.75) is 19.9 Å². The summed E-state index contributed by atoms with van der Waals surface area (Å²) in [6.07, 6.45) is 2.23. The first-order chi connectivity index (χ1) is 13.0. The monoisotopic (exact) mass is 407 g/mol. The third-order valence-electron chi connectivity index (χ3n) is 3.38. The summed E-state index contributed by atoms with van der Waals surface area (Å²) in [5.74, 6) is -1.08. The number of carbonyl (C=O) groups is 2. The first-order valence-electron chi connectivity index (χ1n) is 8.27. The Labute approximate surface area is 167 Å². The van der Waals surface area contributed by atoms with Gasteiger partial charge in [0.15, 0.2) is 0 Å². The fourth-order valence-corrected chi connectivity index (χ4v) is 2.35. The number of amides is 2. The number of halogens is 2. The SMILES string of the molecule is CCCOc1ccc(Cl)cc1/C=N\NC(=O)C(=O)NCc1ccc(Cl)cc1. The zero-order valence-electron chi connectivity index (χ0n) is 14.7. The van der Waals surface area contributed by atoms with Gasteiger partial charge < -0.3 is 10.1 Å². The van der Waals surface area contributed by atoms with Gasteiger partial charge in [-0.15, -0.1) is 0 Å². The van der Waals surface area contributed by atoms with Crippen molar-refractivity contribution in [2.75, 3.05) is 6.61 Å². The molecule has 0 spiro atoms. The van der Waals surface area contributed by atoms with Gasteiger partial charge in [-0.3, -0.25) is 9.59 Å². The van der Waals surface area contributed by atoms with Gasteiger partial charge >= 0.3 is 11.8 Å². The minimum Gasteiger partial charge on any atom is -0.493 e. The van der Waals surface area contributed by atoms with Gasteiger partial charge in [0.25, 0.3) is 0 Å². The van der Waals surface area contributed by atoms with Crippen molar-refractivity contribution in [1.29, 1.82) is 0 Å². The zero-order chi connectivity index (χ0) is 19.6. The lowest BCUT2D eigenvalue weighted by molar-refractivity contribution is -0.139. The second kappa shape index (κ2) is 10.5. The summed E-state index contributed by atoms with van der Waals surface area (Å²) in [5, 5.41) is 7.40. The molecule has 0 aliphatic rings. The number of rotatable bonds is 7. The van der Waals surface area contributed by atoms with Gasteiger partial charge in [-0.2, -0.15) is 5.10 Å². The Bertz CT molecular complexity index is 823.